The zero-order chi connectivity index (χ0) is 15.6. The lowest BCUT2D eigenvalue weighted by Crippen LogP contribution is -2.20. The minimum atomic E-state index is -0.140. The quantitative estimate of drug-likeness (QED) is 0.905. The van der Waals surface area contributed by atoms with Gasteiger partial charge in [-0.05, 0) is 42.5 Å². The molecule has 0 heterocycles. The molecule has 1 aromatic carbocycles. The van der Waals surface area contributed by atoms with Crippen LogP contribution in [0.2, 0.25) is 0 Å². The van der Waals surface area contributed by atoms with Crippen LogP contribution in [0.15, 0.2) is 23.8 Å². The van der Waals surface area contributed by atoms with Gasteiger partial charge in [0, 0.05) is 23.3 Å². The van der Waals surface area contributed by atoms with E-state index in [9.17, 15) is 9.59 Å². The Kier molecular flexibility index (Phi) is 4.58. The lowest BCUT2D eigenvalue weighted by atomic mass is 9.82. The maximum absolute atomic E-state index is 12.6. The summed E-state index contributed by atoms with van der Waals surface area (Å²) in [6.45, 7) is 3.97. The van der Waals surface area contributed by atoms with Gasteiger partial charge < -0.3 is 9.84 Å². The van der Waals surface area contributed by atoms with Gasteiger partial charge in [0.2, 0.25) is 0 Å². The molecule has 1 N–H and O–H groups in total. The summed E-state index contributed by atoms with van der Waals surface area (Å²) in [6, 6.07) is 3.45. The van der Waals surface area contributed by atoms with Crippen molar-refractivity contribution in [3.8, 4) is 5.75 Å². The molecule has 0 atom stereocenters. The van der Waals surface area contributed by atoms with Crippen molar-refractivity contribution in [3.63, 3.8) is 0 Å². The normalized spacial score (nSPS) is 14.2. The van der Waals surface area contributed by atoms with Crippen LogP contribution in [0.25, 0.3) is 0 Å². The number of aliphatic hydroxyl groups excluding tert-OH is 1. The van der Waals surface area contributed by atoms with Gasteiger partial charge in [-0.1, -0.05) is 13.8 Å². The van der Waals surface area contributed by atoms with Gasteiger partial charge in [-0.25, -0.2) is 0 Å². The largest absolute Gasteiger partial charge is 0.497 e. The van der Waals surface area contributed by atoms with Crippen LogP contribution in [0.3, 0.4) is 0 Å². The Morgan fingerprint density at radius 2 is 1.95 bits per heavy atom. The molecule has 2 rings (SSSR count). The van der Waals surface area contributed by atoms with E-state index in [4.69, 9.17) is 9.84 Å². The summed E-state index contributed by atoms with van der Waals surface area (Å²) in [5.74, 6) is 0.433. The standard InChI is InChI=1S/C17H20O4/c1-10(2)13-8-12(21-3)9-14-16(13)15(19)7-11(17(14)20)5-4-6-18/h7-10,18H,4-6H2,1-3H3. The number of allylic oxidation sites excluding steroid dienone is 2. The van der Waals surface area contributed by atoms with Crippen LogP contribution < -0.4 is 4.74 Å². The third-order valence-electron chi connectivity index (χ3n) is 3.69. The van der Waals surface area contributed by atoms with E-state index >= 15 is 0 Å². The lowest BCUT2D eigenvalue weighted by molar-refractivity contribution is 0.0979. The van der Waals surface area contributed by atoms with Crippen LogP contribution in [0.4, 0.5) is 0 Å². The summed E-state index contributed by atoms with van der Waals surface area (Å²) in [4.78, 5) is 25.0. The Hall–Kier alpha value is -1.94. The molecule has 0 radical (unpaired) electrons. The molecule has 112 valence electrons. The molecular formula is C17H20O4. The van der Waals surface area contributed by atoms with Gasteiger partial charge in [0.15, 0.2) is 11.6 Å². The van der Waals surface area contributed by atoms with E-state index in [1.807, 2.05) is 19.9 Å². The van der Waals surface area contributed by atoms with Gasteiger partial charge >= 0.3 is 0 Å². The number of hydrogen-bond donors (Lipinski definition) is 1. The summed E-state index contributed by atoms with van der Waals surface area (Å²) in [6.07, 6.45) is 2.30. The van der Waals surface area contributed by atoms with E-state index in [-0.39, 0.29) is 24.1 Å². The number of fused-ring (bicyclic) bond motifs is 1. The number of hydrogen-bond acceptors (Lipinski definition) is 4. The second-order valence-corrected chi connectivity index (χ2v) is 5.48. The summed E-state index contributed by atoms with van der Waals surface area (Å²) >= 11 is 0. The molecular weight excluding hydrogens is 268 g/mol. The number of carbonyl (C=O) groups is 2. The van der Waals surface area contributed by atoms with Crippen molar-refractivity contribution >= 4 is 11.6 Å². The molecule has 0 saturated carbocycles. The molecule has 1 aliphatic carbocycles. The third-order valence-corrected chi connectivity index (χ3v) is 3.69. The van der Waals surface area contributed by atoms with Crippen LogP contribution in [-0.2, 0) is 0 Å². The summed E-state index contributed by atoms with van der Waals surface area (Å²) in [5.41, 5.74) is 2.20. The minimum Gasteiger partial charge on any atom is -0.497 e. The number of Topliss-reactive ketones (excluding diaryl/α,β-unsaturated/α-hetero) is 1. The monoisotopic (exact) mass is 288 g/mol. The first-order valence-electron chi connectivity index (χ1n) is 7.12. The highest BCUT2D eigenvalue weighted by Gasteiger charge is 2.29. The van der Waals surface area contributed by atoms with E-state index < -0.39 is 0 Å². The molecule has 0 aromatic heterocycles. The predicted octanol–water partition coefficient (Wildman–Crippen LogP) is 2.90. The molecule has 4 nitrogen and oxygen atoms in total. The van der Waals surface area contributed by atoms with Gasteiger partial charge in [-0.3, -0.25) is 9.59 Å². The summed E-state index contributed by atoms with van der Waals surface area (Å²) < 4.78 is 5.25. The Morgan fingerprint density at radius 1 is 1.24 bits per heavy atom. The van der Waals surface area contributed by atoms with Crippen molar-refractivity contribution in [2.45, 2.75) is 32.6 Å². The number of methoxy groups -OCH3 is 1. The maximum Gasteiger partial charge on any atom is 0.190 e. The van der Waals surface area contributed by atoms with Crippen LogP contribution in [0.1, 0.15) is 58.9 Å². The van der Waals surface area contributed by atoms with Gasteiger partial charge in [-0.15, -0.1) is 0 Å². The summed E-state index contributed by atoms with van der Waals surface area (Å²) in [5, 5.41) is 8.90. The van der Waals surface area contributed by atoms with Crippen molar-refractivity contribution in [3.05, 3.63) is 40.5 Å². The zero-order valence-electron chi connectivity index (χ0n) is 12.6. The number of aliphatic hydroxyl groups is 1. The lowest BCUT2D eigenvalue weighted by Gasteiger charge is -2.21. The van der Waals surface area contributed by atoms with Gasteiger partial charge in [0.25, 0.3) is 0 Å². The fraction of sp³-hybridized carbons (Fsp3) is 0.412. The van der Waals surface area contributed by atoms with Gasteiger partial charge in [0.1, 0.15) is 5.75 Å². The Balaban J connectivity index is 2.56. The maximum atomic E-state index is 12.6. The molecule has 0 spiro atoms. The van der Waals surface area contributed by atoms with Crippen LogP contribution in [0.5, 0.6) is 5.75 Å². The molecule has 1 aliphatic rings. The Labute approximate surface area is 124 Å². The number of ether oxygens (including phenoxy) is 1. The zero-order valence-corrected chi connectivity index (χ0v) is 12.6. The molecule has 4 heteroatoms. The average molecular weight is 288 g/mol. The highest BCUT2D eigenvalue weighted by molar-refractivity contribution is 6.25. The van der Waals surface area contributed by atoms with Crippen molar-refractivity contribution in [1.29, 1.82) is 0 Å². The Morgan fingerprint density at radius 3 is 2.52 bits per heavy atom. The second-order valence-electron chi connectivity index (χ2n) is 5.48. The molecule has 0 bridgehead atoms. The second kappa shape index (κ2) is 6.22. The fourth-order valence-corrected chi connectivity index (χ4v) is 2.59. The van der Waals surface area contributed by atoms with E-state index in [1.54, 1.807) is 13.2 Å². The highest BCUT2D eigenvalue weighted by atomic mass is 16.5. The predicted molar refractivity (Wildman–Crippen MR) is 80.1 cm³/mol. The molecule has 0 fully saturated rings. The number of carbonyl (C=O) groups excluding carboxylic acids is 2. The summed E-state index contributed by atoms with van der Waals surface area (Å²) in [7, 11) is 1.55. The SMILES string of the molecule is COc1cc2c(c(C(C)C)c1)C(=O)C=C(CCCO)C2=O. The van der Waals surface area contributed by atoms with Crippen LogP contribution >= 0.6 is 0 Å². The molecule has 0 aliphatic heterocycles. The molecule has 0 unspecified atom stereocenters. The third kappa shape index (κ3) is 2.90. The van der Waals surface area contributed by atoms with Crippen molar-refractivity contribution in [2.24, 2.45) is 0 Å². The van der Waals surface area contributed by atoms with Crippen LogP contribution in [-0.4, -0.2) is 30.4 Å². The van der Waals surface area contributed by atoms with E-state index in [2.05, 4.69) is 0 Å². The van der Waals surface area contributed by atoms with E-state index in [0.29, 0.717) is 35.3 Å². The van der Waals surface area contributed by atoms with E-state index in [0.717, 1.165) is 5.56 Å². The molecule has 0 amide bonds. The van der Waals surface area contributed by atoms with E-state index in [1.165, 1.54) is 6.08 Å². The van der Waals surface area contributed by atoms with Gasteiger partial charge in [0.05, 0.1) is 7.11 Å². The first-order valence-corrected chi connectivity index (χ1v) is 7.12. The number of ketones is 2. The number of benzene rings is 1. The smallest absolute Gasteiger partial charge is 0.190 e. The Bertz CT molecular complexity index is 611. The first kappa shape index (κ1) is 15.4. The van der Waals surface area contributed by atoms with Crippen LogP contribution in [0, 0.1) is 0 Å². The highest BCUT2D eigenvalue weighted by Crippen LogP contribution is 2.33. The minimum absolute atomic E-state index is 0.00101. The topological polar surface area (TPSA) is 63.6 Å². The first-order chi connectivity index (χ1) is 9.99. The fourth-order valence-electron chi connectivity index (χ4n) is 2.59. The molecule has 0 saturated heterocycles. The van der Waals surface area contributed by atoms with Crippen molar-refractivity contribution < 1.29 is 19.4 Å². The van der Waals surface area contributed by atoms with Crippen molar-refractivity contribution in [1.82, 2.24) is 0 Å². The number of rotatable bonds is 5. The molecule has 1 aromatic rings. The molecule has 21 heavy (non-hydrogen) atoms. The van der Waals surface area contributed by atoms with Gasteiger partial charge in [-0.2, -0.15) is 0 Å². The average Bonchev–Trinajstić information content (AvgIpc) is 2.48. The van der Waals surface area contributed by atoms with Crippen molar-refractivity contribution in [2.75, 3.05) is 13.7 Å².